The van der Waals surface area contributed by atoms with Gasteiger partial charge in [-0.2, -0.15) is 4.85 Å². The molecule has 0 heterocycles. The van der Waals surface area contributed by atoms with Crippen molar-refractivity contribution in [2.75, 3.05) is 0 Å². The van der Waals surface area contributed by atoms with E-state index in [1.54, 1.807) is 0 Å². The van der Waals surface area contributed by atoms with Crippen molar-refractivity contribution in [1.82, 2.24) is 0 Å². The molecule has 0 spiro atoms. The van der Waals surface area contributed by atoms with E-state index in [-0.39, 0.29) is 0 Å². The molecule has 0 fully saturated rings. The molecule has 0 N–H and O–H groups in total. The number of amides is 1. The van der Waals surface area contributed by atoms with Gasteiger partial charge in [-0.25, -0.2) is 4.39 Å². The molecule has 0 unspecified atom stereocenters. The van der Waals surface area contributed by atoms with E-state index >= 15 is 0 Å². The van der Waals surface area contributed by atoms with Crippen molar-refractivity contribution in [3.63, 3.8) is 0 Å². The first-order chi connectivity index (χ1) is 2.27. The summed E-state index contributed by atoms with van der Waals surface area (Å²) in [5.41, 5.74) is 0. The molecule has 0 aliphatic rings. The number of halogens is 1. The molecule has 0 rings (SSSR count). The highest BCUT2D eigenvalue weighted by Gasteiger charge is 1.83. The van der Waals surface area contributed by atoms with Crippen LogP contribution in [-0.4, -0.2) is 6.16 Å². The van der Waals surface area contributed by atoms with Crippen LogP contribution in [0.15, 0.2) is 0 Å². The van der Waals surface area contributed by atoms with Gasteiger partial charge < -0.3 is 0 Å². The normalized spacial score (nSPS) is 5.60. The average molecular weight is 73.0 g/mol. The molecule has 0 saturated heterocycles. The Hall–Kier alpha value is -0.910. The van der Waals surface area contributed by atoms with Crippen molar-refractivity contribution >= 4 is 6.16 Å². The molecule has 0 aromatic carbocycles. The van der Waals surface area contributed by atoms with Crippen LogP contribution in [-0.2, 0) is 0 Å². The van der Waals surface area contributed by atoms with Gasteiger partial charge in [0.15, 0.2) is 0 Å². The summed E-state index contributed by atoms with van der Waals surface area (Å²) >= 11 is 0. The van der Waals surface area contributed by atoms with Crippen LogP contribution >= 0.6 is 0 Å². The standard InChI is InChI=1S/C2FNO/c1-4-2(3)5. The van der Waals surface area contributed by atoms with E-state index in [4.69, 9.17) is 11.4 Å². The Kier molecular flexibility index (Phi) is 1.16. The monoisotopic (exact) mass is 73.0 g/mol. The summed E-state index contributed by atoms with van der Waals surface area (Å²) in [7, 11) is 0. The van der Waals surface area contributed by atoms with Crippen LogP contribution in [0.4, 0.5) is 9.18 Å². The third-order valence-corrected chi connectivity index (χ3v) is 0.0879. The van der Waals surface area contributed by atoms with Gasteiger partial charge in [0.1, 0.15) is 6.57 Å². The maximum atomic E-state index is 10.4. The molecule has 0 radical (unpaired) electrons. The topological polar surface area (TPSA) is 21.4 Å². The number of carbonyl (C=O) groups is 1. The minimum atomic E-state index is -1.95. The Morgan fingerprint density at radius 1 is 2.00 bits per heavy atom. The molecule has 26 valence electrons. The molecule has 0 aliphatic heterocycles. The summed E-state index contributed by atoms with van der Waals surface area (Å²) in [6.07, 6.45) is -1.95. The summed E-state index contributed by atoms with van der Waals surface area (Å²) in [5, 5.41) is 0. The largest absolute Gasteiger partial charge is 0.547 e. The van der Waals surface area contributed by atoms with Crippen LogP contribution in [0.25, 0.3) is 4.85 Å². The van der Waals surface area contributed by atoms with Crippen LogP contribution in [0.1, 0.15) is 0 Å². The summed E-state index contributed by atoms with van der Waals surface area (Å²) < 4.78 is 10.4. The first kappa shape index (κ1) is 4.09. The molecule has 0 bridgehead atoms. The van der Waals surface area contributed by atoms with Crippen LogP contribution < -0.4 is 0 Å². The van der Waals surface area contributed by atoms with Gasteiger partial charge >= 0.3 is 6.16 Å². The second kappa shape index (κ2) is 1.41. The predicted octanol–water partition coefficient (Wildman–Crippen LogP) is 0.995. The summed E-state index contributed by atoms with van der Waals surface area (Å²) in [5.74, 6) is 0. The molecule has 0 atom stereocenters. The fourth-order valence-corrected chi connectivity index (χ4v) is 0. The van der Waals surface area contributed by atoms with E-state index in [1.165, 1.54) is 0 Å². The second-order valence-electron chi connectivity index (χ2n) is 0.365. The quantitative estimate of drug-likeness (QED) is 0.238. The molecule has 1 amide bonds. The lowest BCUT2D eigenvalue weighted by Gasteiger charge is -1.51. The van der Waals surface area contributed by atoms with Gasteiger partial charge in [0.05, 0.1) is 0 Å². The van der Waals surface area contributed by atoms with Crippen LogP contribution in [0.2, 0.25) is 0 Å². The highest BCUT2D eigenvalue weighted by atomic mass is 19.1. The summed E-state index contributed by atoms with van der Waals surface area (Å²) in [4.78, 5) is 10.6. The van der Waals surface area contributed by atoms with Gasteiger partial charge in [-0.05, 0) is 0 Å². The first-order valence-corrected chi connectivity index (χ1v) is 0.840. The number of rotatable bonds is 0. The van der Waals surface area contributed by atoms with Crippen LogP contribution in [0, 0.1) is 6.57 Å². The SMILES string of the molecule is [C-]#[N+]C(=O)F. The zero-order valence-electron chi connectivity index (χ0n) is 2.23. The maximum absolute atomic E-state index is 10.4. The zero-order valence-corrected chi connectivity index (χ0v) is 2.23. The van der Waals surface area contributed by atoms with Gasteiger partial charge in [-0.3, -0.25) is 4.79 Å². The molecule has 3 heteroatoms. The lowest BCUT2D eigenvalue weighted by atomic mass is 11.3. The minimum Gasteiger partial charge on any atom is -0.285 e. The number of hydrogen-bond donors (Lipinski definition) is 0. The van der Waals surface area contributed by atoms with E-state index < -0.39 is 6.16 Å². The third-order valence-electron chi connectivity index (χ3n) is 0.0879. The van der Waals surface area contributed by atoms with Gasteiger partial charge in [0, 0.05) is 0 Å². The third kappa shape index (κ3) is 3.09. The lowest BCUT2D eigenvalue weighted by molar-refractivity contribution is 0.238. The zero-order chi connectivity index (χ0) is 4.28. The molecule has 5 heavy (non-hydrogen) atoms. The Bertz CT molecular complexity index is 82.1. The van der Waals surface area contributed by atoms with Crippen molar-refractivity contribution in [3.05, 3.63) is 11.4 Å². The Balaban J connectivity index is 3.35. The van der Waals surface area contributed by atoms with E-state index in [0.29, 0.717) is 0 Å². The van der Waals surface area contributed by atoms with Crippen molar-refractivity contribution in [1.29, 1.82) is 0 Å². The van der Waals surface area contributed by atoms with Gasteiger partial charge in [0.25, 0.3) is 0 Å². The Labute approximate surface area is 28.0 Å². The number of carbonyl (C=O) groups excluding carboxylic acids is 1. The molecular formula is C2FNO. The van der Waals surface area contributed by atoms with E-state index in [1.807, 2.05) is 4.85 Å². The smallest absolute Gasteiger partial charge is 0.285 e. The van der Waals surface area contributed by atoms with Crippen LogP contribution in [0.5, 0.6) is 0 Å². The summed E-state index contributed by atoms with van der Waals surface area (Å²) in [6.45, 7) is 5.56. The average Bonchev–Trinajstić information content (AvgIpc) is 1.38. The fraction of sp³-hybridized carbons (Fsp3) is 0. The van der Waals surface area contributed by atoms with Gasteiger partial charge in [-0.15, -0.1) is 0 Å². The Morgan fingerprint density at radius 2 is 2.20 bits per heavy atom. The molecule has 0 saturated carbocycles. The highest BCUT2D eigenvalue weighted by molar-refractivity contribution is 5.76. The van der Waals surface area contributed by atoms with E-state index in [2.05, 4.69) is 0 Å². The summed E-state index contributed by atoms with van der Waals surface area (Å²) in [6, 6.07) is 0. The molecule has 0 aromatic rings. The number of hydrogen-bond acceptors (Lipinski definition) is 1. The lowest BCUT2D eigenvalue weighted by Crippen LogP contribution is -1.60. The number of nitrogens with zero attached hydrogens (tertiary/aromatic N) is 1. The minimum absolute atomic E-state index is 1.83. The van der Waals surface area contributed by atoms with Gasteiger partial charge in [0.2, 0.25) is 0 Å². The first-order valence-electron chi connectivity index (χ1n) is 0.840. The maximum Gasteiger partial charge on any atom is 0.547 e. The van der Waals surface area contributed by atoms with E-state index in [0.717, 1.165) is 0 Å². The molecule has 2 nitrogen and oxygen atoms in total. The molecular weight excluding hydrogens is 73.0 g/mol. The van der Waals surface area contributed by atoms with Crippen molar-refractivity contribution in [2.45, 2.75) is 0 Å². The molecule has 0 aromatic heterocycles. The highest BCUT2D eigenvalue weighted by Crippen LogP contribution is 1.72. The van der Waals surface area contributed by atoms with E-state index in [9.17, 15) is 4.39 Å². The second-order valence-corrected chi connectivity index (χ2v) is 0.365. The van der Waals surface area contributed by atoms with Gasteiger partial charge in [-0.1, -0.05) is 0 Å². The fourth-order valence-electron chi connectivity index (χ4n) is 0. The van der Waals surface area contributed by atoms with Crippen LogP contribution in [0.3, 0.4) is 0 Å². The predicted molar refractivity (Wildman–Crippen MR) is 13.1 cm³/mol. The molecule has 0 aliphatic carbocycles. The van der Waals surface area contributed by atoms with Crippen molar-refractivity contribution in [2.24, 2.45) is 0 Å². The Morgan fingerprint density at radius 3 is 2.20 bits per heavy atom. The van der Waals surface area contributed by atoms with Crippen molar-refractivity contribution < 1.29 is 9.18 Å². The van der Waals surface area contributed by atoms with Crippen molar-refractivity contribution in [3.8, 4) is 0 Å².